The van der Waals surface area contributed by atoms with Crippen molar-refractivity contribution in [3.63, 3.8) is 0 Å². The van der Waals surface area contributed by atoms with Gasteiger partial charge in [-0.1, -0.05) is 36.8 Å². The van der Waals surface area contributed by atoms with Crippen LogP contribution in [0.2, 0.25) is 0 Å². The minimum atomic E-state index is -0.287. The van der Waals surface area contributed by atoms with Crippen molar-refractivity contribution >= 4 is 5.91 Å². The maximum absolute atomic E-state index is 12.2. The molecule has 0 spiro atoms. The molecule has 0 aromatic heterocycles. The predicted molar refractivity (Wildman–Crippen MR) is 79.2 cm³/mol. The lowest BCUT2D eigenvalue weighted by Gasteiger charge is -2.26. The molecule has 0 radical (unpaired) electrons. The van der Waals surface area contributed by atoms with Gasteiger partial charge in [0.2, 0.25) is 5.91 Å². The first kappa shape index (κ1) is 15.0. The number of carbonyl (C=O) groups excluding carboxylic acids is 1. The molecule has 1 aromatic rings. The zero-order chi connectivity index (χ0) is 14.4. The quantitative estimate of drug-likeness (QED) is 0.761. The summed E-state index contributed by atoms with van der Waals surface area (Å²) in [5, 5.41) is 12.6. The van der Waals surface area contributed by atoms with Gasteiger partial charge >= 0.3 is 0 Å². The van der Waals surface area contributed by atoms with E-state index in [1.807, 2.05) is 30.3 Å². The topological polar surface area (TPSA) is 75.4 Å². The fourth-order valence-electron chi connectivity index (χ4n) is 2.90. The van der Waals surface area contributed by atoms with Crippen molar-refractivity contribution in [3.8, 4) is 0 Å². The number of aliphatic hydroxyl groups is 1. The molecule has 1 aliphatic carbocycles. The molecule has 2 rings (SSSR count). The molecule has 3 atom stereocenters. The van der Waals surface area contributed by atoms with E-state index in [4.69, 9.17) is 5.73 Å². The maximum Gasteiger partial charge on any atom is 0.228 e. The summed E-state index contributed by atoms with van der Waals surface area (Å²) in [5.74, 6) is 0.0837. The van der Waals surface area contributed by atoms with Crippen LogP contribution in [0.15, 0.2) is 30.3 Å². The third-order valence-corrected chi connectivity index (χ3v) is 4.07. The van der Waals surface area contributed by atoms with Crippen LogP contribution in [0.4, 0.5) is 0 Å². The van der Waals surface area contributed by atoms with Gasteiger partial charge in [0, 0.05) is 13.1 Å². The van der Waals surface area contributed by atoms with Crippen LogP contribution in [0.1, 0.15) is 37.2 Å². The summed E-state index contributed by atoms with van der Waals surface area (Å²) in [5.41, 5.74) is 6.69. The van der Waals surface area contributed by atoms with Gasteiger partial charge in [0.1, 0.15) is 0 Å². The summed E-state index contributed by atoms with van der Waals surface area (Å²) in [6, 6.07) is 9.63. The average Bonchev–Trinajstić information content (AvgIpc) is 2.47. The number of nitrogens with one attached hydrogen (secondary N) is 1. The zero-order valence-electron chi connectivity index (χ0n) is 11.8. The molecule has 20 heavy (non-hydrogen) atoms. The standard InChI is InChI=1S/C16H24N2O2/c17-10-15(13-6-2-1-3-7-13)16(20)18-11-12-5-4-8-14(19)9-12/h1-3,6-7,12,14-15,19H,4-5,8-11,17H2,(H,18,20). The molecule has 0 bridgehead atoms. The van der Waals surface area contributed by atoms with Crippen LogP contribution in [0.5, 0.6) is 0 Å². The van der Waals surface area contributed by atoms with E-state index in [1.165, 1.54) is 0 Å². The van der Waals surface area contributed by atoms with E-state index in [0.717, 1.165) is 31.2 Å². The molecule has 3 unspecified atom stereocenters. The Balaban J connectivity index is 1.87. The lowest BCUT2D eigenvalue weighted by Crippen LogP contribution is -2.38. The maximum atomic E-state index is 12.2. The van der Waals surface area contributed by atoms with Crippen molar-refractivity contribution in [2.45, 2.75) is 37.7 Å². The Morgan fingerprint density at radius 1 is 1.35 bits per heavy atom. The summed E-state index contributed by atoms with van der Waals surface area (Å²) in [6.07, 6.45) is 3.60. The molecule has 4 N–H and O–H groups in total. The predicted octanol–water partition coefficient (Wildman–Crippen LogP) is 1.40. The van der Waals surface area contributed by atoms with E-state index >= 15 is 0 Å². The van der Waals surface area contributed by atoms with Crippen LogP contribution in [0.3, 0.4) is 0 Å². The van der Waals surface area contributed by atoms with Crippen molar-refractivity contribution in [1.82, 2.24) is 5.32 Å². The highest BCUT2D eigenvalue weighted by Gasteiger charge is 2.23. The van der Waals surface area contributed by atoms with E-state index in [9.17, 15) is 9.90 Å². The molecule has 1 fully saturated rings. The number of carbonyl (C=O) groups is 1. The molecule has 4 heteroatoms. The molecule has 110 valence electrons. The number of hydrogen-bond donors (Lipinski definition) is 3. The zero-order valence-corrected chi connectivity index (χ0v) is 11.8. The number of rotatable bonds is 5. The van der Waals surface area contributed by atoms with Crippen molar-refractivity contribution < 1.29 is 9.90 Å². The van der Waals surface area contributed by atoms with Crippen LogP contribution < -0.4 is 11.1 Å². The van der Waals surface area contributed by atoms with Gasteiger partial charge in [-0.05, 0) is 30.7 Å². The minimum Gasteiger partial charge on any atom is -0.393 e. The molecule has 0 aliphatic heterocycles. The highest BCUT2D eigenvalue weighted by Crippen LogP contribution is 2.23. The van der Waals surface area contributed by atoms with Crippen LogP contribution >= 0.6 is 0 Å². The van der Waals surface area contributed by atoms with Gasteiger partial charge in [0.15, 0.2) is 0 Å². The van der Waals surface area contributed by atoms with Crippen molar-refractivity contribution in [1.29, 1.82) is 0 Å². The van der Waals surface area contributed by atoms with Crippen LogP contribution in [-0.4, -0.2) is 30.2 Å². The number of nitrogens with two attached hydrogens (primary N) is 1. The van der Waals surface area contributed by atoms with Gasteiger partial charge in [-0.2, -0.15) is 0 Å². The Kier molecular flexibility index (Phi) is 5.56. The second-order valence-corrected chi connectivity index (χ2v) is 5.63. The number of hydrogen-bond acceptors (Lipinski definition) is 3. The van der Waals surface area contributed by atoms with Gasteiger partial charge in [0.25, 0.3) is 0 Å². The van der Waals surface area contributed by atoms with Crippen LogP contribution in [0, 0.1) is 5.92 Å². The highest BCUT2D eigenvalue weighted by molar-refractivity contribution is 5.83. The summed E-state index contributed by atoms with van der Waals surface area (Å²) in [7, 11) is 0. The summed E-state index contributed by atoms with van der Waals surface area (Å²) < 4.78 is 0. The molecule has 1 saturated carbocycles. The first-order chi connectivity index (χ1) is 9.70. The Bertz CT molecular complexity index is 422. The summed E-state index contributed by atoms with van der Waals surface area (Å²) in [4.78, 5) is 12.2. The lowest BCUT2D eigenvalue weighted by molar-refractivity contribution is -0.122. The number of aliphatic hydroxyl groups excluding tert-OH is 1. The normalized spacial score (nSPS) is 24.1. The van der Waals surface area contributed by atoms with Crippen LogP contribution in [-0.2, 0) is 4.79 Å². The fourth-order valence-corrected chi connectivity index (χ4v) is 2.90. The van der Waals surface area contributed by atoms with Crippen molar-refractivity contribution in [2.75, 3.05) is 13.1 Å². The Morgan fingerprint density at radius 3 is 2.75 bits per heavy atom. The van der Waals surface area contributed by atoms with E-state index in [0.29, 0.717) is 19.0 Å². The van der Waals surface area contributed by atoms with E-state index < -0.39 is 0 Å². The highest BCUT2D eigenvalue weighted by atomic mass is 16.3. The Hall–Kier alpha value is -1.39. The lowest BCUT2D eigenvalue weighted by atomic mass is 9.87. The molecular weight excluding hydrogens is 252 g/mol. The third-order valence-electron chi connectivity index (χ3n) is 4.07. The molecule has 0 saturated heterocycles. The van der Waals surface area contributed by atoms with Gasteiger partial charge < -0.3 is 16.2 Å². The van der Waals surface area contributed by atoms with E-state index in [1.54, 1.807) is 0 Å². The second-order valence-electron chi connectivity index (χ2n) is 5.63. The number of amides is 1. The summed E-state index contributed by atoms with van der Waals surface area (Å²) in [6.45, 7) is 0.947. The first-order valence-electron chi connectivity index (χ1n) is 7.41. The van der Waals surface area contributed by atoms with Gasteiger partial charge in [-0.25, -0.2) is 0 Å². The van der Waals surface area contributed by atoms with Crippen molar-refractivity contribution in [2.24, 2.45) is 11.7 Å². The van der Waals surface area contributed by atoms with E-state index in [2.05, 4.69) is 5.32 Å². The molecule has 4 nitrogen and oxygen atoms in total. The molecular formula is C16H24N2O2. The number of benzene rings is 1. The SMILES string of the molecule is NCC(C(=O)NCC1CCCC(O)C1)c1ccccc1. The van der Waals surface area contributed by atoms with Gasteiger partial charge in [-0.3, -0.25) is 4.79 Å². The van der Waals surface area contributed by atoms with Crippen molar-refractivity contribution in [3.05, 3.63) is 35.9 Å². The smallest absolute Gasteiger partial charge is 0.228 e. The molecule has 1 aliphatic rings. The second kappa shape index (κ2) is 7.41. The minimum absolute atomic E-state index is 0.0150. The average molecular weight is 276 g/mol. The monoisotopic (exact) mass is 276 g/mol. The largest absolute Gasteiger partial charge is 0.393 e. The summed E-state index contributed by atoms with van der Waals surface area (Å²) >= 11 is 0. The van der Waals surface area contributed by atoms with Gasteiger partial charge in [-0.15, -0.1) is 0 Å². The van der Waals surface area contributed by atoms with Crippen LogP contribution in [0.25, 0.3) is 0 Å². The van der Waals surface area contributed by atoms with E-state index in [-0.39, 0.29) is 17.9 Å². The first-order valence-corrected chi connectivity index (χ1v) is 7.41. The molecule has 1 aromatic carbocycles. The molecule has 0 heterocycles. The molecule has 1 amide bonds. The Morgan fingerprint density at radius 2 is 2.10 bits per heavy atom. The van der Waals surface area contributed by atoms with Gasteiger partial charge in [0.05, 0.1) is 12.0 Å². The third kappa shape index (κ3) is 4.05. The Labute approximate surface area is 120 Å². The fraction of sp³-hybridized carbons (Fsp3) is 0.562.